The van der Waals surface area contributed by atoms with Gasteiger partial charge in [0.1, 0.15) is 5.82 Å². The second-order valence-corrected chi connectivity index (χ2v) is 4.61. The molecule has 19 heavy (non-hydrogen) atoms. The molecule has 0 aliphatic heterocycles. The number of H-pyrrole nitrogens is 1. The first kappa shape index (κ1) is 13.7. The van der Waals surface area contributed by atoms with Crippen LogP contribution < -0.4 is 5.73 Å². The van der Waals surface area contributed by atoms with Crippen LogP contribution >= 0.6 is 0 Å². The maximum absolute atomic E-state index is 13.7. The molecule has 102 valence electrons. The molecule has 1 aromatic carbocycles. The number of nitrogens with zero attached hydrogens (tertiary/aromatic N) is 1. The van der Waals surface area contributed by atoms with Gasteiger partial charge < -0.3 is 10.7 Å². The monoisotopic (exact) mass is 265 g/mol. The lowest BCUT2D eigenvalue weighted by molar-refractivity contribution is 0.391. The molecule has 0 atom stereocenters. The van der Waals surface area contributed by atoms with E-state index >= 15 is 0 Å². The molecule has 3 N–H and O–H groups in total. The van der Waals surface area contributed by atoms with Crippen LogP contribution in [-0.4, -0.2) is 9.97 Å². The Kier molecular flexibility index (Phi) is 3.66. The number of aromatic nitrogens is 2. The Labute approximate surface area is 110 Å². The van der Waals surface area contributed by atoms with E-state index in [0.29, 0.717) is 24.4 Å². The summed E-state index contributed by atoms with van der Waals surface area (Å²) >= 11 is 0. The molecule has 3 nitrogen and oxygen atoms in total. The fraction of sp³-hybridized carbons (Fsp3) is 0.357. The molecule has 2 rings (SSSR count). The van der Waals surface area contributed by atoms with Gasteiger partial charge in [-0.1, -0.05) is 19.9 Å². The van der Waals surface area contributed by atoms with Crippen LogP contribution in [0.2, 0.25) is 0 Å². The van der Waals surface area contributed by atoms with Gasteiger partial charge in [-0.05, 0) is 25.0 Å². The molecular weight excluding hydrogens is 248 g/mol. The maximum Gasteiger partial charge on any atom is 0.168 e. The van der Waals surface area contributed by atoms with Crippen molar-refractivity contribution < 1.29 is 8.78 Å². The van der Waals surface area contributed by atoms with Crippen molar-refractivity contribution in [2.45, 2.75) is 32.2 Å². The van der Waals surface area contributed by atoms with Crippen molar-refractivity contribution in [3.63, 3.8) is 0 Å². The second-order valence-electron chi connectivity index (χ2n) is 4.61. The highest BCUT2D eigenvalue weighted by Crippen LogP contribution is 2.27. The SMILES string of the molecule is CCC(N)(CC)c1ncc(-c2cccc(F)c2F)[nH]1. The van der Waals surface area contributed by atoms with Crippen molar-refractivity contribution in [2.75, 3.05) is 0 Å². The van der Waals surface area contributed by atoms with E-state index in [9.17, 15) is 8.78 Å². The van der Waals surface area contributed by atoms with Gasteiger partial charge in [0.15, 0.2) is 11.6 Å². The van der Waals surface area contributed by atoms with Crippen molar-refractivity contribution in [1.29, 1.82) is 0 Å². The van der Waals surface area contributed by atoms with Crippen LogP contribution in [0.25, 0.3) is 11.3 Å². The van der Waals surface area contributed by atoms with Gasteiger partial charge in [-0.25, -0.2) is 13.8 Å². The predicted octanol–water partition coefficient (Wildman–Crippen LogP) is 3.33. The van der Waals surface area contributed by atoms with E-state index < -0.39 is 17.2 Å². The van der Waals surface area contributed by atoms with Gasteiger partial charge in [0.2, 0.25) is 0 Å². The summed E-state index contributed by atoms with van der Waals surface area (Å²) in [4.78, 5) is 7.20. The van der Waals surface area contributed by atoms with E-state index in [1.807, 2.05) is 13.8 Å². The first-order valence-corrected chi connectivity index (χ1v) is 6.30. The Morgan fingerprint density at radius 3 is 2.58 bits per heavy atom. The van der Waals surface area contributed by atoms with Gasteiger partial charge in [-0.2, -0.15) is 0 Å². The lowest BCUT2D eigenvalue weighted by Gasteiger charge is -2.23. The Morgan fingerprint density at radius 1 is 1.26 bits per heavy atom. The first-order chi connectivity index (χ1) is 9.01. The number of imidazole rings is 1. The summed E-state index contributed by atoms with van der Waals surface area (Å²) in [6.45, 7) is 3.93. The summed E-state index contributed by atoms with van der Waals surface area (Å²) in [7, 11) is 0. The average Bonchev–Trinajstić information content (AvgIpc) is 2.91. The molecule has 5 heteroatoms. The highest BCUT2D eigenvalue weighted by atomic mass is 19.2. The zero-order chi connectivity index (χ0) is 14.0. The predicted molar refractivity (Wildman–Crippen MR) is 70.4 cm³/mol. The third-order valence-electron chi connectivity index (χ3n) is 3.55. The smallest absolute Gasteiger partial charge is 0.168 e. The average molecular weight is 265 g/mol. The third kappa shape index (κ3) is 2.38. The van der Waals surface area contributed by atoms with Crippen LogP contribution in [0, 0.1) is 11.6 Å². The minimum atomic E-state index is -0.881. The lowest BCUT2D eigenvalue weighted by atomic mass is 9.93. The number of nitrogens with two attached hydrogens (primary N) is 1. The number of hydrogen-bond acceptors (Lipinski definition) is 2. The Balaban J connectivity index is 2.44. The molecule has 0 aliphatic rings. The van der Waals surface area contributed by atoms with Crippen LogP contribution in [0.1, 0.15) is 32.5 Å². The fourth-order valence-corrected chi connectivity index (χ4v) is 2.01. The minimum absolute atomic E-state index is 0.160. The summed E-state index contributed by atoms with van der Waals surface area (Å²) < 4.78 is 26.9. The first-order valence-electron chi connectivity index (χ1n) is 6.30. The van der Waals surface area contributed by atoms with E-state index in [0.717, 1.165) is 6.07 Å². The molecule has 0 saturated carbocycles. The van der Waals surface area contributed by atoms with Crippen LogP contribution in [0.4, 0.5) is 8.78 Å². The van der Waals surface area contributed by atoms with Crippen LogP contribution in [0.3, 0.4) is 0 Å². The number of benzene rings is 1. The van der Waals surface area contributed by atoms with E-state index in [4.69, 9.17) is 5.73 Å². The van der Waals surface area contributed by atoms with Gasteiger partial charge in [0, 0.05) is 5.56 Å². The van der Waals surface area contributed by atoms with E-state index in [2.05, 4.69) is 9.97 Å². The van der Waals surface area contributed by atoms with E-state index in [-0.39, 0.29) is 5.56 Å². The molecule has 0 spiro atoms. The number of halogens is 2. The number of hydrogen-bond donors (Lipinski definition) is 2. The molecular formula is C14H17F2N3. The largest absolute Gasteiger partial charge is 0.340 e. The Hall–Kier alpha value is -1.75. The van der Waals surface area contributed by atoms with Gasteiger partial charge in [0.25, 0.3) is 0 Å². The minimum Gasteiger partial charge on any atom is -0.340 e. The summed E-state index contributed by atoms with van der Waals surface area (Å²) in [5, 5.41) is 0. The summed E-state index contributed by atoms with van der Waals surface area (Å²) in [6.07, 6.45) is 2.91. The quantitative estimate of drug-likeness (QED) is 0.891. The highest BCUT2D eigenvalue weighted by molar-refractivity contribution is 5.59. The van der Waals surface area contributed by atoms with Crippen molar-refractivity contribution in [1.82, 2.24) is 9.97 Å². The molecule has 0 radical (unpaired) electrons. The Bertz CT molecular complexity index is 574. The molecule has 0 saturated heterocycles. The number of rotatable bonds is 4. The Morgan fingerprint density at radius 2 is 1.95 bits per heavy atom. The topological polar surface area (TPSA) is 54.7 Å². The third-order valence-corrected chi connectivity index (χ3v) is 3.55. The normalized spacial score (nSPS) is 11.8. The maximum atomic E-state index is 13.7. The zero-order valence-corrected chi connectivity index (χ0v) is 11.0. The van der Waals surface area contributed by atoms with Crippen LogP contribution in [0.5, 0.6) is 0 Å². The molecule has 1 heterocycles. The second kappa shape index (κ2) is 5.09. The molecule has 0 bridgehead atoms. The fourth-order valence-electron chi connectivity index (χ4n) is 2.01. The van der Waals surface area contributed by atoms with Gasteiger partial charge in [-0.15, -0.1) is 0 Å². The lowest BCUT2D eigenvalue weighted by Crippen LogP contribution is -2.36. The van der Waals surface area contributed by atoms with E-state index in [1.165, 1.54) is 18.3 Å². The van der Waals surface area contributed by atoms with Gasteiger partial charge >= 0.3 is 0 Å². The van der Waals surface area contributed by atoms with Crippen LogP contribution in [-0.2, 0) is 5.54 Å². The molecule has 0 unspecified atom stereocenters. The van der Waals surface area contributed by atoms with Crippen molar-refractivity contribution >= 4 is 0 Å². The van der Waals surface area contributed by atoms with Crippen LogP contribution in [0.15, 0.2) is 24.4 Å². The van der Waals surface area contributed by atoms with Gasteiger partial charge in [0.05, 0.1) is 17.4 Å². The van der Waals surface area contributed by atoms with Crippen molar-refractivity contribution in [2.24, 2.45) is 5.73 Å². The molecule has 1 aromatic heterocycles. The van der Waals surface area contributed by atoms with Crippen molar-refractivity contribution in [3.8, 4) is 11.3 Å². The number of aromatic amines is 1. The summed E-state index contributed by atoms with van der Waals surface area (Å²) in [5.41, 5.74) is 6.24. The summed E-state index contributed by atoms with van der Waals surface area (Å²) in [5.74, 6) is -1.16. The standard InChI is InChI=1S/C14H17F2N3/c1-3-14(17,4-2)13-18-8-11(19-13)9-6-5-7-10(15)12(9)16/h5-8H,3-4,17H2,1-2H3,(H,18,19). The molecule has 0 amide bonds. The molecule has 0 aliphatic carbocycles. The zero-order valence-electron chi connectivity index (χ0n) is 11.0. The highest BCUT2D eigenvalue weighted by Gasteiger charge is 2.26. The molecule has 0 fully saturated rings. The van der Waals surface area contributed by atoms with E-state index in [1.54, 1.807) is 0 Å². The van der Waals surface area contributed by atoms with Crippen molar-refractivity contribution in [3.05, 3.63) is 41.9 Å². The van der Waals surface area contributed by atoms with Gasteiger partial charge in [-0.3, -0.25) is 0 Å². The summed E-state index contributed by atoms with van der Waals surface area (Å²) in [6, 6.07) is 4.05. The number of nitrogens with one attached hydrogen (secondary N) is 1. The molecule has 2 aromatic rings.